The first-order chi connectivity index (χ1) is 9.07. The van der Waals surface area contributed by atoms with E-state index in [0.717, 1.165) is 19.3 Å². The second-order valence-electron chi connectivity index (χ2n) is 4.92. The van der Waals surface area contributed by atoms with E-state index in [2.05, 4.69) is 10.5 Å². The summed E-state index contributed by atoms with van der Waals surface area (Å²) in [5.41, 5.74) is -0.300. The Morgan fingerprint density at radius 3 is 2.58 bits per heavy atom. The van der Waals surface area contributed by atoms with Crippen LogP contribution in [-0.4, -0.2) is 29.7 Å². The van der Waals surface area contributed by atoms with Crippen LogP contribution in [0, 0.1) is 6.92 Å². The standard InChI is InChI=1S/C13H18N2O4/c1-9-8-10(19-15-9)11(16)14-13(12(17)18-2)6-4-3-5-7-13/h8H,3-7H2,1-2H3,(H,14,16). The summed E-state index contributed by atoms with van der Waals surface area (Å²) >= 11 is 0. The van der Waals surface area contributed by atoms with E-state index in [0.29, 0.717) is 18.5 Å². The van der Waals surface area contributed by atoms with E-state index in [-0.39, 0.29) is 5.76 Å². The predicted molar refractivity (Wildman–Crippen MR) is 66.5 cm³/mol. The quantitative estimate of drug-likeness (QED) is 0.840. The zero-order chi connectivity index (χ0) is 13.9. The molecule has 0 radical (unpaired) electrons. The van der Waals surface area contributed by atoms with Crippen LogP contribution in [0.15, 0.2) is 10.6 Å². The largest absolute Gasteiger partial charge is 0.467 e. The molecule has 0 atom stereocenters. The van der Waals surface area contributed by atoms with Gasteiger partial charge in [0.25, 0.3) is 5.91 Å². The lowest BCUT2D eigenvalue weighted by Gasteiger charge is -2.34. The summed E-state index contributed by atoms with van der Waals surface area (Å²) in [6.45, 7) is 1.73. The molecular formula is C13H18N2O4. The summed E-state index contributed by atoms with van der Waals surface area (Å²) in [5.74, 6) is -0.698. The minimum atomic E-state index is -0.926. The number of hydrogen-bond donors (Lipinski definition) is 1. The van der Waals surface area contributed by atoms with E-state index >= 15 is 0 Å². The number of amides is 1. The molecule has 0 bridgehead atoms. The van der Waals surface area contributed by atoms with Crippen molar-refractivity contribution in [3.8, 4) is 0 Å². The van der Waals surface area contributed by atoms with Crippen LogP contribution in [0.3, 0.4) is 0 Å². The topological polar surface area (TPSA) is 81.4 Å². The van der Waals surface area contributed by atoms with Crippen molar-refractivity contribution in [2.24, 2.45) is 0 Å². The highest BCUT2D eigenvalue weighted by atomic mass is 16.5. The zero-order valence-electron chi connectivity index (χ0n) is 11.2. The summed E-state index contributed by atoms with van der Waals surface area (Å²) in [6, 6.07) is 1.54. The summed E-state index contributed by atoms with van der Waals surface area (Å²) in [7, 11) is 1.34. The van der Waals surface area contributed by atoms with Gasteiger partial charge in [-0.2, -0.15) is 0 Å². The summed E-state index contributed by atoms with van der Waals surface area (Å²) in [6.07, 6.45) is 4.04. The first kappa shape index (κ1) is 13.6. The van der Waals surface area contributed by atoms with Gasteiger partial charge in [0.15, 0.2) is 0 Å². The number of carbonyl (C=O) groups is 2. The van der Waals surface area contributed by atoms with Crippen LogP contribution in [0.1, 0.15) is 48.4 Å². The maximum absolute atomic E-state index is 12.1. The average molecular weight is 266 g/mol. The molecule has 1 aliphatic carbocycles. The Morgan fingerprint density at radius 2 is 2.05 bits per heavy atom. The van der Waals surface area contributed by atoms with Crippen LogP contribution >= 0.6 is 0 Å². The smallest absolute Gasteiger partial charge is 0.331 e. The van der Waals surface area contributed by atoms with Crippen molar-refractivity contribution in [2.45, 2.75) is 44.6 Å². The van der Waals surface area contributed by atoms with Crippen LogP contribution in [0.5, 0.6) is 0 Å². The fraction of sp³-hybridized carbons (Fsp3) is 0.615. The molecule has 0 unspecified atom stereocenters. The Balaban J connectivity index is 2.16. The molecule has 6 heteroatoms. The molecule has 1 fully saturated rings. The summed E-state index contributed by atoms with van der Waals surface area (Å²) in [5, 5.41) is 6.43. The highest BCUT2D eigenvalue weighted by Gasteiger charge is 2.42. The van der Waals surface area contributed by atoms with Gasteiger partial charge in [0.1, 0.15) is 5.54 Å². The lowest BCUT2D eigenvalue weighted by molar-refractivity contribution is -0.149. The molecule has 0 spiro atoms. The number of esters is 1. The third-order valence-corrected chi connectivity index (χ3v) is 3.49. The molecule has 1 aromatic rings. The van der Waals surface area contributed by atoms with Crippen LogP contribution in [0.25, 0.3) is 0 Å². The molecular weight excluding hydrogens is 248 g/mol. The lowest BCUT2D eigenvalue weighted by atomic mass is 9.81. The molecule has 1 heterocycles. The normalized spacial score (nSPS) is 17.8. The van der Waals surface area contributed by atoms with Crippen LogP contribution in [0.4, 0.5) is 0 Å². The average Bonchev–Trinajstić information content (AvgIpc) is 2.85. The van der Waals surface area contributed by atoms with Crippen molar-refractivity contribution in [1.29, 1.82) is 0 Å². The molecule has 104 valence electrons. The number of aryl methyl sites for hydroxylation is 1. The van der Waals surface area contributed by atoms with Gasteiger partial charge in [-0.15, -0.1) is 0 Å². The minimum absolute atomic E-state index is 0.117. The van der Waals surface area contributed by atoms with Crippen molar-refractivity contribution < 1.29 is 18.8 Å². The fourth-order valence-electron chi connectivity index (χ4n) is 2.48. The second-order valence-corrected chi connectivity index (χ2v) is 4.92. The predicted octanol–water partition coefficient (Wildman–Crippen LogP) is 1.59. The monoisotopic (exact) mass is 266 g/mol. The molecule has 1 aromatic heterocycles. The van der Waals surface area contributed by atoms with E-state index < -0.39 is 17.4 Å². The SMILES string of the molecule is COC(=O)C1(NC(=O)c2cc(C)no2)CCCCC1. The third-order valence-electron chi connectivity index (χ3n) is 3.49. The summed E-state index contributed by atoms with van der Waals surface area (Å²) < 4.78 is 9.75. The zero-order valence-corrected chi connectivity index (χ0v) is 11.2. The van der Waals surface area contributed by atoms with Crippen LogP contribution < -0.4 is 5.32 Å². The van der Waals surface area contributed by atoms with Gasteiger partial charge in [-0.05, 0) is 19.8 Å². The molecule has 19 heavy (non-hydrogen) atoms. The highest BCUT2D eigenvalue weighted by molar-refractivity contribution is 5.96. The molecule has 6 nitrogen and oxygen atoms in total. The maximum atomic E-state index is 12.1. The lowest BCUT2D eigenvalue weighted by Crippen LogP contribution is -2.56. The molecule has 1 saturated carbocycles. The molecule has 1 amide bonds. The number of nitrogens with one attached hydrogen (secondary N) is 1. The van der Waals surface area contributed by atoms with Gasteiger partial charge >= 0.3 is 5.97 Å². The number of rotatable bonds is 3. The van der Waals surface area contributed by atoms with E-state index in [1.165, 1.54) is 7.11 Å². The van der Waals surface area contributed by atoms with Crippen LogP contribution in [-0.2, 0) is 9.53 Å². The van der Waals surface area contributed by atoms with Gasteiger partial charge in [-0.3, -0.25) is 4.79 Å². The first-order valence-corrected chi connectivity index (χ1v) is 6.42. The number of hydrogen-bond acceptors (Lipinski definition) is 5. The van der Waals surface area contributed by atoms with Gasteiger partial charge in [-0.1, -0.05) is 24.4 Å². The van der Waals surface area contributed by atoms with Gasteiger partial charge in [0.05, 0.1) is 12.8 Å². The summed E-state index contributed by atoms with van der Waals surface area (Å²) in [4.78, 5) is 24.1. The van der Waals surface area contributed by atoms with Crippen LogP contribution in [0.2, 0.25) is 0 Å². The number of carbonyl (C=O) groups excluding carboxylic acids is 2. The first-order valence-electron chi connectivity index (χ1n) is 6.42. The Kier molecular flexibility index (Phi) is 3.87. The number of ether oxygens (including phenoxy) is 1. The molecule has 1 aliphatic rings. The van der Waals surface area contributed by atoms with Gasteiger partial charge < -0.3 is 14.6 Å². The number of methoxy groups -OCH3 is 1. The van der Waals surface area contributed by atoms with E-state index in [1.54, 1.807) is 13.0 Å². The van der Waals surface area contributed by atoms with Crippen molar-refractivity contribution in [3.05, 3.63) is 17.5 Å². The van der Waals surface area contributed by atoms with Crippen molar-refractivity contribution in [3.63, 3.8) is 0 Å². The van der Waals surface area contributed by atoms with Crippen molar-refractivity contribution in [2.75, 3.05) is 7.11 Å². The molecule has 0 aromatic carbocycles. The minimum Gasteiger partial charge on any atom is -0.467 e. The van der Waals surface area contributed by atoms with Gasteiger partial charge in [0, 0.05) is 6.07 Å². The fourth-order valence-corrected chi connectivity index (χ4v) is 2.48. The Labute approximate surface area is 111 Å². The Bertz CT molecular complexity index is 475. The highest BCUT2D eigenvalue weighted by Crippen LogP contribution is 2.29. The van der Waals surface area contributed by atoms with Gasteiger partial charge in [-0.25, -0.2) is 4.79 Å². The van der Waals surface area contributed by atoms with E-state index in [4.69, 9.17) is 9.26 Å². The number of aromatic nitrogens is 1. The van der Waals surface area contributed by atoms with Crippen molar-refractivity contribution >= 4 is 11.9 Å². The second kappa shape index (κ2) is 5.42. The molecule has 0 aliphatic heterocycles. The molecule has 0 saturated heterocycles. The van der Waals surface area contributed by atoms with E-state index in [9.17, 15) is 9.59 Å². The van der Waals surface area contributed by atoms with Gasteiger partial charge in [0.2, 0.25) is 5.76 Å². The van der Waals surface area contributed by atoms with E-state index in [1.807, 2.05) is 0 Å². The molecule has 1 N–H and O–H groups in total. The third kappa shape index (κ3) is 2.77. The Morgan fingerprint density at radius 1 is 1.37 bits per heavy atom. The molecule has 2 rings (SSSR count). The maximum Gasteiger partial charge on any atom is 0.331 e. The van der Waals surface area contributed by atoms with Crippen molar-refractivity contribution in [1.82, 2.24) is 10.5 Å². The number of nitrogens with zero attached hydrogens (tertiary/aromatic N) is 1. The Hall–Kier alpha value is -1.85.